The molecule has 1 atom stereocenters. The quantitative estimate of drug-likeness (QED) is 0.811. The molecule has 0 fully saturated rings. The first kappa shape index (κ1) is 17.2. The fourth-order valence-electron chi connectivity index (χ4n) is 2.03. The van der Waals surface area contributed by atoms with Crippen molar-refractivity contribution in [2.24, 2.45) is 5.73 Å². The van der Waals surface area contributed by atoms with Gasteiger partial charge in [0.05, 0.1) is 29.4 Å². The van der Waals surface area contributed by atoms with Gasteiger partial charge in [0.15, 0.2) is 0 Å². The molecule has 0 aliphatic carbocycles. The molecule has 0 aliphatic rings. The third-order valence-corrected chi connectivity index (χ3v) is 4.03. The normalized spacial score (nSPS) is 11.8. The molecule has 2 rings (SSSR count). The van der Waals surface area contributed by atoms with Crippen LogP contribution in [0.2, 0.25) is 0 Å². The summed E-state index contributed by atoms with van der Waals surface area (Å²) < 4.78 is 10.7. The average Bonchev–Trinajstić information content (AvgIpc) is 2.99. The number of rotatable bonds is 7. The zero-order valence-corrected chi connectivity index (χ0v) is 14.3. The Morgan fingerprint density at radius 2 is 2.26 bits per heavy atom. The number of methoxy groups -OCH3 is 1. The highest BCUT2D eigenvalue weighted by Gasteiger charge is 2.18. The zero-order chi connectivity index (χ0) is 16.8. The topological polar surface area (TPSA) is 86.5 Å². The first-order valence-corrected chi connectivity index (χ1v) is 8.17. The number of aryl methyl sites for hydroxylation is 1. The second-order valence-corrected chi connectivity index (χ2v) is 6.05. The first-order chi connectivity index (χ1) is 11.0. The van der Waals surface area contributed by atoms with Crippen LogP contribution in [0.25, 0.3) is 0 Å². The molecule has 0 saturated heterocycles. The fourth-order valence-corrected chi connectivity index (χ4v) is 2.74. The van der Waals surface area contributed by atoms with E-state index < -0.39 is 0 Å². The molecule has 3 N–H and O–H groups in total. The van der Waals surface area contributed by atoms with Crippen LogP contribution in [-0.4, -0.2) is 31.2 Å². The Balaban J connectivity index is 2.17. The molecule has 2 aromatic rings. The van der Waals surface area contributed by atoms with E-state index in [9.17, 15) is 4.79 Å². The lowest BCUT2D eigenvalue weighted by atomic mass is 10.1. The number of carbonyl (C=O) groups is 1. The Kier molecular flexibility index (Phi) is 5.95. The largest absolute Gasteiger partial charge is 0.497 e. The van der Waals surface area contributed by atoms with Crippen molar-refractivity contribution >= 4 is 17.2 Å². The number of nitrogens with two attached hydrogens (primary N) is 1. The molecule has 0 bridgehead atoms. The molecule has 0 spiro atoms. The minimum absolute atomic E-state index is 0.183. The lowest BCUT2D eigenvalue weighted by Gasteiger charge is -2.15. The number of aromatic nitrogens is 1. The van der Waals surface area contributed by atoms with Gasteiger partial charge >= 0.3 is 0 Å². The highest BCUT2D eigenvalue weighted by atomic mass is 32.1. The Labute approximate surface area is 139 Å². The predicted octanol–water partition coefficient (Wildman–Crippen LogP) is 2.29. The predicted molar refractivity (Wildman–Crippen MR) is 90.3 cm³/mol. The van der Waals surface area contributed by atoms with Gasteiger partial charge in [-0.2, -0.15) is 0 Å². The summed E-state index contributed by atoms with van der Waals surface area (Å²) in [5.74, 6) is 0.850. The number of ether oxygens (including phenoxy) is 2. The minimum atomic E-state index is -0.224. The third kappa shape index (κ3) is 4.43. The van der Waals surface area contributed by atoms with E-state index in [4.69, 9.17) is 15.2 Å². The monoisotopic (exact) mass is 335 g/mol. The van der Waals surface area contributed by atoms with Crippen molar-refractivity contribution in [3.63, 3.8) is 0 Å². The number of benzene rings is 1. The fraction of sp³-hybridized carbons (Fsp3) is 0.375. The molecular weight excluding hydrogens is 314 g/mol. The Morgan fingerprint density at radius 1 is 1.48 bits per heavy atom. The molecule has 1 aromatic heterocycles. The van der Waals surface area contributed by atoms with E-state index in [1.807, 2.05) is 19.2 Å². The molecule has 124 valence electrons. The van der Waals surface area contributed by atoms with Crippen LogP contribution >= 0.6 is 11.3 Å². The van der Waals surface area contributed by atoms with Crippen LogP contribution in [0.3, 0.4) is 0 Å². The summed E-state index contributed by atoms with van der Waals surface area (Å²) >= 11 is 1.56. The van der Waals surface area contributed by atoms with Gasteiger partial charge in [-0.05, 0) is 26.0 Å². The summed E-state index contributed by atoms with van der Waals surface area (Å²) in [6.45, 7) is 4.53. The molecule has 0 radical (unpaired) electrons. The Bertz CT molecular complexity index is 672. The maximum absolute atomic E-state index is 12.5. The number of hydrogen-bond donors (Lipinski definition) is 2. The summed E-state index contributed by atoms with van der Waals surface area (Å²) in [6, 6.07) is 4.90. The number of nitrogens with one attached hydrogen (secondary N) is 1. The van der Waals surface area contributed by atoms with Crippen LogP contribution in [0, 0.1) is 6.92 Å². The highest BCUT2D eigenvalue weighted by Crippen LogP contribution is 2.26. The lowest BCUT2D eigenvalue weighted by Crippen LogP contribution is -2.27. The maximum atomic E-state index is 12.5. The molecule has 23 heavy (non-hydrogen) atoms. The maximum Gasteiger partial charge on any atom is 0.255 e. The number of thiazole rings is 1. The van der Waals surface area contributed by atoms with E-state index in [1.165, 1.54) is 0 Å². The number of carbonyl (C=O) groups excluding carboxylic acids is 1. The second kappa shape index (κ2) is 7.94. The van der Waals surface area contributed by atoms with Gasteiger partial charge in [-0.3, -0.25) is 4.79 Å². The molecular formula is C16H21N3O3S. The van der Waals surface area contributed by atoms with Crippen LogP contribution in [0.4, 0.5) is 0 Å². The number of amides is 1. The van der Waals surface area contributed by atoms with E-state index in [1.54, 1.807) is 36.6 Å². The molecule has 1 amide bonds. The molecule has 6 nitrogen and oxygen atoms in total. The van der Waals surface area contributed by atoms with Crippen molar-refractivity contribution in [2.75, 3.05) is 20.3 Å². The van der Waals surface area contributed by atoms with Crippen LogP contribution in [0.15, 0.2) is 23.6 Å². The van der Waals surface area contributed by atoms with E-state index >= 15 is 0 Å². The van der Waals surface area contributed by atoms with Gasteiger partial charge in [0.25, 0.3) is 5.91 Å². The van der Waals surface area contributed by atoms with Gasteiger partial charge in [-0.1, -0.05) is 0 Å². The average molecular weight is 335 g/mol. The summed E-state index contributed by atoms with van der Waals surface area (Å²) in [5.41, 5.74) is 6.76. The second-order valence-electron chi connectivity index (χ2n) is 4.99. The Morgan fingerprint density at radius 3 is 2.87 bits per heavy atom. The van der Waals surface area contributed by atoms with E-state index in [0.717, 1.165) is 10.7 Å². The van der Waals surface area contributed by atoms with Gasteiger partial charge in [-0.15, -0.1) is 11.3 Å². The van der Waals surface area contributed by atoms with Crippen LogP contribution < -0.4 is 20.5 Å². The zero-order valence-electron chi connectivity index (χ0n) is 13.5. The van der Waals surface area contributed by atoms with Crippen molar-refractivity contribution in [1.82, 2.24) is 10.3 Å². The van der Waals surface area contributed by atoms with Crippen molar-refractivity contribution in [3.8, 4) is 11.5 Å². The van der Waals surface area contributed by atoms with E-state index in [2.05, 4.69) is 10.3 Å². The molecule has 1 heterocycles. The Hall–Kier alpha value is -2.12. The van der Waals surface area contributed by atoms with Gasteiger partial charge < -0.3 is 20.5 Å². The van der Waals surface area contributed by atoms with Gasteiger partial charge in [0.2, 0.25) is 0 Å². The lowest BCUT2D eigenvalue weighted by molar-refractivity contribution is 0.0935. The van der Waals surface area contributed by atoms with Crippen LogP contribution in [-0.2, 0) is 0 Å². The van der Waals surface area contributed by atoms with Gasteiger partial charge in [-0.25, -0.2) is 4.98 Å². The molecule has 0 aliphatic heterocycles. The van der Waals surface area contributed by atoms with Crippen LogP contribution in [0.5, 0.6) is 11.5 Å². The van der Waals surface area contributed by atoms with Crippen LogP contribution in [0.1, 0.15) is 34.0 Å². The van der Waals surface area contributed by atoms with Crippen molar-refractivity contribution < 1.29 is 14.3 Å². The van der Waals surface area contributed by atoms with E-state index in [-0.39, 0.29) is 11.9 Å². The number of hydrogen-bond acceptors (Lipinski definition) is 6. The summed E-state index contributed by atoms with van der Waals surface area (Å²) in [7, 11) is 1.56. The summed E-state index contributed by atoms with van der Waals surface area (Å²) in [4.78, 5) is 16.9. The highest BCUT2D eigenvalue weighted by molar-refractivity contribution is 7.09. The van der Waals surface area contributed by atoms with Crippen molar-refractivity contribution in [3.05, 3.63) is 39.8 Å². The van der Waals surface area contributed by atoms with Crippen molar-refractivity contribution in [2.45, 2.75) is 19.9 Å². The standard InChI is InChI=1S/C16H21N3O3S/c1-10(14-9-23-11(2)19-14)18-16(20)13-5-4-12(21-3)8-15(13)22-7-6-17/h4-5,8-10H,6-7,17H2,1-3H3,(H,18,20)/t10-/m1/s1. The number of nitrogens with zero attached hydrogens (tertiary/aromatic N) is 1. The SMILES string of the molecule is COc1ccc(C(=O)N[C@H](C)c2csc(C)n2)c(OCCN)c1. The molecule has 1 aromatic carbocycles. The molecule has 0 saturated carbocycles. The van der Waals surface area contributed by atoms with E-state index in [0.29, 0.717) is 30.2 Å². The minimum Gasteiger partial charge on any atom is -0.497 e. The van der Waals surface area contributed by atoms with Gasteiger partial charge in [0, 0.05) is 18.0 Å². The first-order valence-electron chi connectivity index (χ1n) is 7.29. The van der Waals surface area contributed by atoms with Gasteiger partial charge in [0.1, 0.15) is 18.1 Å². The summed E-state index contributed by atoms with van der Waals surface area (Å²) in [5, 5.41) is 5.85. The third-order valence-electron chi connectivity index (χ3n) is 3.24. The smallest absolute Gasteiger partial charge is 0.255 e. The molecule has 0 unspecified atom stereocenters. The van der Waals surface area contributed by atoms with Crippen molar-refractivity contribution in [1.29, 1.82) is 0 Å². The molecule has 7 heteroatoms. The summed E-state index contributed by atoms with van der Waals surface area (Å²) in [6.07, 6.45) is 0.